The molecule has 0 aliphatic carbocycles. The number of hydrogen-bond donors (Lipinski definition) is 3. The summed E-state index contributed by atoms with van der Waals surface area (Å²) in [6.07, 6.45) is -0.842. The van der Waals surface area contributed by atoms with Crippen LogP contribution in [-0.4, -0.2) is 39.3 Å². The predicted octanol–water partition coefficient (Wildman–Crippen LogP) is -0.286. The number of sulfonamides is 1. The SMILES string of the molecule is COC(=O)c1cc(N)ccc1S(=O)(=O)NC[C@@H](C)O. The second kappa shape index (κ2) is 6.00. The average molecular weight is 288 g/mol. The van der Waals surface area contributed by atoms with Gasteiger partial charge in [0.2, 0.25) is 10.0 Å². The maximum absolute atomic E-state index is 12.0. The Morgan fingerprint density at radius 3 is 2.68 bits per heavy atom. The molecule has 1 rings (SSSR count). The summed E-state index contributed by atoms with van der Waals surface area (Å²) >= 11 is 0. The second-order valence-corrected chi connectivity index (χ2v) is 5.68. The Balaban J connectivity index is 3.22. The van der Waals surface area contributed by atoms with Crippen LogP contribution in [0.1, 0.15) is 17.3 Å². The standard InChI is InChI=1S/C11H16N2O5S/c1-7(14)6-13-19(16,17)10-4-3-8(12)5-9(10)11(15)18-2/h3-5,7,13-14H,6,12H2,1-2H3/t7-/m1/s1. The third-order valence-electron chi connectivity index (χ3n) is 2.27. The Hall–Kier alpha value is -1.64. The van der Waals surface area contributed by atoms with E-state index in [0.29, 0.717) is 0 Å². The Bertz CT molecular complexity index is 568. The monoisotopic (exact) mass is 288 g/mol. The largest absolute Gasteiger partial charge is 0.465 e. The van der Waals surface area contributed by atoms with Gasteiger partial charge in [-0.25, -0.2) is 17.9 Å². The summed E-state index contributed by atoms with van der Waals surface area (Å²) in [5, 5.41) is 9.09. The number of rotatable bonds is 5. The van der Waals surface area contributed by atoms with Crippen molar-refractivity contribution in [1.82, 2.24) is 4.72 Å². The minimum atomic E-state index is -3.92. The summed E-state index contributed by atoms with van der Waals surface area (Å²) in [5.41, 5.74) is 5.62. The number of anilines is 1. The highest BCUT2D eigenvalue weighted by Gasteiger charge is 2.23. The van der Waals surface area contributed by atoms with Crippen molar-refractivity contribution in [2.75, 3.05) is 19.4 Å². The smallest absolute Gasteiger partial charge is 0.339 e. The Labute approximate surface area is 111 Å². The van der Waals surface area contributed by atoms with Gasteiger partial charge in [-0.05, 0) is 25.1 Å². The summed E-state index contributed by atoms with van der Waals surface area (Å²) in [7, 11) is -2.78. The molecule has 0 unspecified atom stereocenters. The van der Waals surface area contributed by atoms with Crippen LogP contribution < -0.4 is 10.5 Å². The quantitative estimate of drug-likeness (QED) is 0.506. The van der Waals surface area contributed by atoms with Crippen LogP contribution >= 0.6 is 0 Å². The van der Waals surface area contributed by atoms with Gasteiger partial charge in [-0.2, -0.15) is 0 Å². The van der Waals surface area contributed by atoms with Gasteiger partial charge in [0.1, 0.15) is 0 Å². The lowest BCUT2D eigenvalue weighted by atomic mass is 10.2. The van der Waals surface area contributed by atoms with Gasteiger partial charge >= 0.3 is 5.97 Å². The molecule has 0 fully saturated rings. The van der Waals surface area contributed by atoms with Crippen molar-refractivity contribution >= 4 is 21.7 Å². The molecule has 0 saturated heterocycles. The van der Waals surface area contributed by atoms with Crippen LogP contribution in [0.5, 0.6) is 0 Å². The summed E-state index contributed by atoms with van der Waals surface area (Å²) in [5.74, 6) is -0.801. The van der Waals surface area contributed by atoms with Gasteiger partial charge in [0.25, 0.3) is 0 Å². The van der Waals surface area contributed by atoms with Crippen molar-refractivity contribution in [3.8, 4) is 0 Å². The fourth-order valence-corrected chi connectivity index (χ4v) is 2.65. The van der Waals surface area contributed by atoms with Crippen LogP contribution in [0.25, 0.3) is 0 Å². The third-order valence-corrected chi connectivity index (χ3v) is 3.75. The van der Waals surface area contributed by atoms with Gasteiger partial charge in [-0.3, -0.25) is 0 Å². The number of carbonyl (C=O) groups excluding carboxylic acids is 1. The fourth-order valence-electron chi connectivity index (χ4n) is 1.36. The van der Waals surface area contributed by atoms with E-state index in [9.17, 15) is 13.2 Å². The Kier molecular flexibility index (Phi) is 4.87. The van der Waals surface area contributed by atoms with Gasteiger partial charge in [0.05, 0.1) is 23.7 Å². The van der Waals surface area contributed by atoms with Gasteiger partial charge in [0.15, 0.2) is 0 Å². The topological polar surface area (TPSA) is 119 Å². The van der Waals surface area contributed by atoms with Gasteiger partial charge in [0, 0.05) is 12.2 Å². The minimum absolute atomic E-state index is 0.152. The lowest BCUT2D eigenvalue weighted by molar-refractivity contribution is 0.0596. The van der Waals surface area contributed by atoms with E-state index < -0.39 is 22.1 Å². The lowest BCUT2D eigenvalue weighted by Gasteiger charge is -2.12. The molecule has 0 heterocycles. The molecule has 1 aromatic rings. The molecule has 7 nitrogen and oxygen atoms in total. The number of esters is 1. The molecule has 1 atom stereocenters. The molecule has 0 radical (unpaired) electrons. The normalized spacial score (nSPS) is 13.0. The predicted molar refractivity (Wildman–Crippen MR) is 69.1 cm³/mol. The summed E-state index contributed by atoms with van der Waals surface area (Å²) in [6, 6.07) is 3.80. The van der Waals surface area contributed by atoms with Crippen LogP contribution in [0.2, 0.25) is 0 Å². The molecule has 0 saturated carbocycles. The van der Waals surface area contributed by atoms with Crippen molar-refractivity contribution in [1.29, 1.82) is 0 Å². The number of nitrogens with two attached hydrogens (primary N) is 1. The molecule has 0 amide bonds. The number of nitrogen functional groups attached to an aromatic ring is 1. The van der Waals surface area contributed by atoms with Crippen molar-refractivity contribution in [3.63, 3.8) is 0 Å². The molecule has 19 heavy (non-hydrogen) atoms. The van der Waals surface area contributed by atoms with Crippen LogP contribution in [-0.2, 0) is 14.8 Å². The van der Waals surface area contributed by atoms with Crippen molar-refractivity contribution in [2.45, 2.75) is 17.9 Å². The van der Waals surface area contributed by atoms with E-state index in [4.69, 9.17) is 10.8 Å². The molecule has 0 aliphatic rings. The average Bonchev–Trinajstić information content (AvgIpc) is 2.35. The van der Waals surface area contributed by atoms with Crippen LogP contribution in [0.4, 0.5) is 5.69 Å². The zero-order valence-corrected chi connectivity index (χ0v) is 11.4. The second-order valence-electron chi connectivity index (χ2n) is 3.95. The summed E-state index contributed by atoms with van der Waals surface area (Å²) in [6.45, 7) is 1.28. The van der Waals surface area contributed by atoms with Crippen molar-refractivity contribution in [2.24, 2.45) is 0 Å². The van der Waals surface area contributed by atoms with Crippen molar-refractivity contribution in [3.05, 3.63) is 23.8 Å². The molecule has 8 heteroatoms. The summed E-state index contributed by atoms with van der Waals surface area (Å²) in [4.78, 5) is 11.3. The number of carbonyl (C=O) groups is 1. The number of aliphatic hydroxyl groups is 1. The molecule has 1 aromatic carbocycles. The number of benzene rings is 1. The van der Waals surface area contributed by atoms with E-state index in [2.05, 4.69) is 9.46 Å². The molecule has 0 aromatic heterocycles. The highest BCUT2D eigenvalue weighted by Crippen LogP contribution is 2.19. The molecular weight excluding hydrogens is 272 g/mol. The Morgan fingerprint density at radius 1 is 1.53 bits per heavy atom. The van der Waals surface area contributed by atoms with E-state index in [1.54, 1.807) is 0 Å². The molecule has 0 spiro atoms. The molecule has 0 aliphatic heterocycles. The molecular formula is C11H16N2O5S. The van der Waals surface area contributed by atoms with Crippen molar-refractivity contribution < 1.29 is 23.1 Å². The first-order valence-corrected chi connectivity index (χ1v) is 6.92. The Morgan fingerprint density at radius 2 is 2.16 bits per heavy atom. The summed E-state index contributed by atoms with van der Waals surface area (Å²) < 4.78 is 30.7. The van der Waals surface area contributed by atoms with Gasteiger partial charge in [-0.1, -0.05) is 0 Å². The number of nitrogens with one attached hydrogen (secondary N) is 1. The number of methoxy groups -OCH3 is 1. The molecule has 0 bridgehead atoms. The highest BCUT2D eigenvalue weighted by atomic mass is 32.2. The van der Waals surface area contributed by atoms with E-state index in [1.807, 2.05) is 0 Å². The zero-order chi connectivity index (χ0) is 14.6. The maximum Gasteiger partial charge on any atom is 0.339 e. The van der Waals surface area contributed by atoms with E-state index in [-0.39, 0.29) is 22.7 Å². The van der Waals surface area contributed by atoms with E-state index in [1.165, 1.54) is 25.1 Å². The minimum Gasteiger partial charge on any atom is -0.465 e. The molecule has 106 valence electrons. The van der Waals surface area contributed by atoms with E-state index >= 15 is 0 Å². The highest BCUT2D eigenvalue weighted by molar-refractivity contribution is 7.89. The zero-order valence-electron chi connectivity index (χ0n) is 10.6. The number of ether oxygens (including phenoxy) is 1. The van der Waals surface area contributed by atoms with Crippen LogP contribution in [0.15, 0.2) is 23.1 Å². The first kappa shape index (κ1) is 15.4. The number of aliphatic hydroxyl groups excluding tert-OH is 1. The third kappa shape index (κ3) is 3.91. The first-order valence-electron chi connectivity index (χ1n) is 5.43. The first-order chi connectivity index (χ1) is 8.77. The maximum atomic E-state index is 12.0. The molecule has 4 N–H and O–H groups in total. The van der Waals surface area contributed by atoms with Gasteiger partial charge in [-0.15, -0.1) is 0 Å². The van der Waals surface area contributed by atoms with Gasteiger partial charge < -0.3 is 15.6 Å². The number of hydrogen-bond acceptors (Lipinski definition) is 6. The fraction of sp³-hybridized carbons (Fsp3) is 0.364. The van der Waals surface area contributed by atoms with Crippen LogP contribution in [0.3, 0.4) is 0 Å². The van der Waals surface area contributed by atoms with E-state index in [0.717, 1.165) is 7.11 Å². The lowest BCUT2D eigenvalue weighted by Crippen LogP contribution is -2.31. The van der Waals surface area contributed by atoms with Crippen LogP contribution in [0, 0.1) is 0 Å².